The lowest BCUT2D eigenvalue weighted by molar-refractivity contribution is 0.385. The molecule has 0 bridgehead atoms. The highest BCUT2D eigenvalue weighted by Crippen LogP contribution is 2.11. The zero-order valence-electron chi connectivity index (χ0n) is 8.73. The van der Waals surface area contributed by atoms with Gasteiger partial charge in [0.2, 0.25) is 0 Å². The van der Waals surface area contributed by atoms with E-state index in [4.69, 9.17) is 0 Å². The van der Waals surface area contributed by atoms with E-state index in [0.717, 1.165) is 23.5 Å². The van der Waals surface area contributed by atoms with Gasteiger partial charge in [0.1, 0.15) is 11.3 Å². The normalized spacial score (nSPS) is 11.4. The fourth-order valence-corrected chi connectivity index (χ4v) is 1.49. The summed E-state index contributed by atoms with van der Waals surface area (Å²) in [7, 11) is 6.07. The molecule has 0 radical (unpaired) electrons. The van der Waals surface area contributed by atoms with Crippen molar-refractivity contribution in [3.05, 3.63) is 24.2 Å². The molecule has 2 heterocycles. The maximum atomic E-state index is 4.51. The molecule has 0 amide bonds. The number of hydrogen-bond donors (Lipinski definition) is 0. The van der Waals surface area contributed by atoms with E-state index in [1.165, 1.54) is 0 Å². The molecule has 0 saturated carbocycles. The largest absolute Gasteiger partial charge is 0.315 e. The summed E-state index contributed by atoms with van der Waals surface area (Å²) in [6.45, 7) is 0.840. The van der Waals surface area contributed by atoms with Gasteiger partial charge in [-0.1, -0.05) is 0 Å². The fraction of sp³-hybridized carbons (Fsp3) is 0.400. The number of fused-ring (bicyclic) bond motifs is 1. The predicted molar refractivity (Wildman–Crippen MR) is 55.9 cm³/mol. The van der Waals surface area contributed by atoms with Gasteiger partial charge in [-0.2, -0.15) is 0 Å². The van der Waals surface area contributed by atoms with E-state index in [1.807, 2.05) is 37.8 Å². The number of rotatable bonds is 2. The summed E-state index contributed by atoms with van der Waals surface area (Å²) < 4.78 is 2.04. The monoisotopic (exact) mass is 190 g/mol. The van der Waals surface area contributed by atoms with Gasteiger partial charge in [0.25, 0.3) is 0 Å². The third kappa shape index (κ3) is 1.48. The first-order chi connectivity index (χ1) is 6.68. The van der Waals surface area contributed by atoms with Gasteiger partial charge >= 0.3 is 0 Å². The maximum absolute atomic E-state index is 4.51. The first kappa shape index (κ1) is 9.15. The van der Waals surface area contributed by atoms with E-state index in [2.05, 4.69) is 14.9 Å². The van der Waals surface area contributed by atoms with Crippen molar-refractivity contribution in [1.29, 1.82) is 0 Å². The summed E-state index contributed by atoms with van der Waals surface area (Å²) in [6.07, 6.45) is 1.80. The molecule has 0 aromatic carbocycles. The molecule has 0 saturated heterocycles. The van der Waals surface area contributed by atoms with Crippen LogP contribution in [0.15, 0.2) is 18.3 Å². The Morgan fingerprint density at radius 1 is 1.43 bits per heavy atom. The average molecular weight is 190 g/mol. The fourth-order valence-electron chi connectivity index (χ4n) is 1.49. The molecule has 0 aliphatic rings. The van der Waals surface area contributed by atoms with Crippen molar-refractivity contribution in [2.75, 3.05) is 14.1 Å². The minimum Gasteiger partial charge on any atom is -0.315 e. The lowest BCUT2D eigenvalue weighted by Gasteiger charge is -2.08. The van der Waals surface area contributed by atoms with Crippen molar-refractivity contribution in [2.45, 2.75) is 6.54 Å². The minimum atomic E-state index is 0.840. The van der Waals surface area contributed by atoms with Gasteiger partial charge in [-0.25, -0.2) is 9.97 Å². The zero-order chi connectivity index (χ0) is 10.1. The van der Waals surface area contributed by atoms with Crippen molar-refractivity contribution in [2.24, 2.45) is 7.05 Å². The molecule has 2 rings (SSSR count). The summed E-state index contributed by atoms with van der Waals surface area (Å²) in [5, 5.41) is 0. The number of pyridine rings is 1. The number of imidazole rings is 1. The Labute approximate surface area is 83.2 Å². The summed E-state index contributed by atoms with van der Waals surface area (Å²) in [5.41, 5.74) is 1.91. The number of nitrogens with zero attached hydrogens (tertiary/aromatic N) is 4. The molecule has 0 aliphatic carbocycles. The van der Waals surface area contributed by atoms with Crippen LogP contribution in [0, 0.1) is 0 Å². The van der Waals surface area contributed by atoms with Crippen LogP contribution >= 0.6 is 0 Å². The van der Waals surface area contributed by atoms with Gasteiger partial charge < -0.3 is 9.47 Å². The number of aromatic nitrogens is 3. The van der Waals surface area contributed by atoms with E-state index >= 15 is 0 Å². The van der Waals surface area contributed by atoms with E-state index in [0.29, 0.717) is 0 Å². The van der Waals surface area contributed by atoms with E-state index in [9.17, 15) is 0 Å². The summed E-state index contributed by atoms with van der Waals surface area (Å²) >= 11 is 0. The van der Waals surface area contributed by atoms with Crippen LogP contribution < -0.4 is 0 Å². The Kier molecular flexibility index (Phi) is 2.21. The molecule has 2 aromatic heterocycles. The van der Waals surface area contributed by atoms with Gasteiger partial charge in [-0.3, -0.25) is 0 Å². The van der Waals surface area contributed by atoms with Crippen LogP contribution in [0.2, 0.25) is 0 Å². The predicted octanol–water partition coefficient (Wildman–Crippen LogP) is 1.03. The van der Waals surface area contributed by atoms with Crippen molar-refractivity contribution in [1.82, 2.24) is 19.4 Å². The molecular weight excluding hydrogens is 176 g/mol. The van der Waals surface area contributed by atoms with Crippen LogP contribution in [0.3, 0.4) is 0 Å². The van der Waals surface area contributed by atoms with E-state index in [-0.39, 0.29) is 0 Å². The Balaban J connectivity index is 2.51. The second-order valence-electron chi connectivity index (χ2n) is 3.67. The van der Waals surface area contributed by atoms with Gasteiger partial charge in [0.15, 0.2) is 5.65 Å². The molecule has 4 nitrogen and oxygen atoms in total. The molecule has 0 N–H and O–H groups in total. The molecule has 74 valence electrons. The highest BCUT2D eigenvalue weighted by atomic mass is 15.2. The Hall–Kier alpha value is -1.42. The summed E-state index contributed by atoms with van der Waals surface area (Å²) in [5.74, 6) is 1.05. The lowest BCUT2D eigenvalue weighted by atomic mass is 10.4. The van der Waals surface area contributed by atoms with Gasteiger partial charge in [-0.05, 0) is 26.2 Å². The highest BCUT2D eigenvalue weighted by Gasteiger charge is 2.07. The standard InChI is InChI=1S/C10H14N4/c1-13(2)7-9-12-8-5-4-6-11-10(8)14(9)3/h4-6H,7H2,1-3H3. The maximum Gasteiger partial charge on any atom is 0.159 e. The van der Waals surface area contributed by atoms with Crippen LogP contribution in [-0.2, 0) is 13.6 Å². The van der Waals surface area contributed by atoms with Crippen molar-refractivity contribution in [3.8, 4) is 0 Å². The molecule has 0 fully saturated rings. The third-order valence-electron chi connectivity index (χ3n) is 2.18. The molecule has 4 heteroatoms. The zero-order valence-corrected chi connectivity index (χ0v) is 8.73. The van der Waals surface area contributed by atoms with Crippen LogP contribution in [0.1, 0.15) is 5.82 Å². The smallest absolute Gasteiger partial charge is 0.159 e. The third-order valence-corrected chi connectivity index (χ3v) is 2.18. The SMILES string of the molecule is CN(C)Cc1nc2cccnc2n1C. The quantitative estimate of drug-likeness (QED) is 0.709. The Morgan fingerprint density at radius 2 is 2.21 bits per heavy atom. The van der Waals surface area contributed by atoms with Gasteiger partial charge in [-0.15, -0.1) is 0 Å². The van der Waals surface area contributed by atoms with Crippen molar-refractivity contribution < 1.29 is 0 Å². The van der Waals surface area contributed by atoms with Crippen molar-refractivity contribution in [3.63, 3.8) is 0 Å². The lowest BCUT2D eigenvalue weighted by Crippen LogP contribution is -2.14. The van der Waals surface area contributed by atoms with Crippen LogP contribution in [0.25, 0.3) is 11.2 Å². The molecule has 0 spiro atoms. The number of aryl methyl sites for hydroxylation is 1. The van der Waals surface area contributed by atoms with Crippen LogP contribution in [-0.4, -0.2) is 33.5 Å². The molecule has 2 aromatic rings. The molecular formula is C10H14N4. The Bertz CT molecular complexity index is 444. The van der Waals surface area contributed by atoms with Gasteiger partial charge in [0, 0.05) is 13.2 Å². The molecule has 0 unspecified atom stereocenters. The second kappa shape index (κ2) is 3.38. The molecule has 0 atom stereocenters. The number of hydrogen-bond acceptors (Lipinski definition) is 3. The van der Waals surface area contributed by atoms with Crippen LogP contribution in [0.5, 0.6) is 0 Å². The van der Waals surface area contributed by atoms with E-state index in [1.54, 1.807) is 6.20 Å². The summed E-state index contributed by atoms with van der Waals surface area (Å²) in [6, 6.07) is 3.90. The van der Waals surface area contributed by atoms with E-state index < -0.39 is 0 Å². The van der Waals surface area contributed by atoms with Crippen LogP contribution in [0.4, 0.5) is 0 Å². The van der Waals surface area contributed by atoms with Crippen molar-refractivity contribution >= 4 is 11.2 Å². The topological polar surface area (TPSA) is 34.0 Å². The average Bonchev–Trinajstić information content (AvgIpc) is 2.44. The highest BCUT2D eigenvalue weighted by molar-refractivity contribution is 5.70. The minimum absolute atomic E-state index is 0.840. The van der Waals surface area contributed by atoms with Gasteiger partial charge in [0.05, 0.1) is 6.54 Å². The first-order valence-corrected chi connectivity index (χ1v) is 4.59. The molecule has 0 aliphatic heterocycles. The molecule has 14 heavy (non-hydrogen) atoms. The first-order valence-electron chi connectivity index (χ1n) is 4.59. The Morgan fingerprint density at radius 3 is 2.86 bits per heavy atom. The summed E-state index contributed by atoms with van der Waals surface area (Å²) in [4.78, 5) is 10.9. The second-order valence-corrected chi connectivity index (χ2v) is 3.67.